The average Bonchev–Trinajstić information content (AvgIpc) is 2.26. The summed E-state index contributed by atoms with van der Waals surface area (Å²) in [4.78, 5) is 13.7. The van der Waals surface area contributed by atoms with Crippen LogP contribution in [0.25, 0.3) is 0 Å². The summed E-state index contributed by atoms with van der Waals surface area (Å²) < 4.78 is 0. The zero-order valence-corrected chi connectivity index (χ0v) is 11.9. The molecule has 0 rings (SSSR count). The van der Waals surface area contributed by atoms with Crippen LogP contribution in [-0.2, 0) is 4.79 Å². The first-order chi connectivity index (χ1) is 7.92. The third-order valence-corrected chi connectivity index (χ3v) is 2.85. The van der Waals surface area contributed by atoms with E-state index >= 15 is 0 Å². The van der Waals surface area contributed by atoms with Crippen molar-refractivity contribution in [2.75, 3.05) is 19.6 Å². The van der Waals surface area contributed by atoms with Gasteiger partial charge in [0.25, 0.3) is 0 Å². The number of hydrogen-bond donors (Lipinski definition) is 2. The van der Waals surface area contributed by atoms with Crippen molar-refractivity contribution in [3.63, 3.8) is 0 Å². The molecule has 0 aromatic heterocycles. The molecule has 1 amide bonds. The second-order valence-corrected chi connectivity index (χ2v) is 4.92. The van der Waals surface area contributed by atoms with Gasteiger partial charge in [-0.1, -0.05) is 13.8 Å². The monoisotopic (exact) mass is 244 g/mol. The van der Waals surface area contributed by atoms with E-state index in [4.69, 9.17) is 0 Å². The normalized spacial score (nSPS) is 14.8. The zero-order valence-electron chi connectivity index (χ0n) is 11.9. The smallest absolute Gasteiger partial charge is 0.239 e. The molecule has 2 unspecified atom stereocenters. The molecule has 0 heterocycles. The predicted octanol–water partition coefficient (Wildman–Crippen LogP) is 1.24. The van der Waals surface area contributed by atoms with Gasteiger partial charge in [-0.25, -0.2) is 0 Å². The number of nitrogens with zero attached hydrogens (tertiary/aromatic N) is 1. The molecule has 0 aromatic rings. The van der Waals surface area contributed by atoms with Crippen LogP contribution in [0.15, 0.2) is 0 Å². The lowest BCUT2D eigenvalue weighted by molar-refractivity contribution is -0.132. The molecule has 0 aliphatic rings. The number of hydrogen-bond acceptors (Lipinski definition) is 3. The molecule has 2 atom stereocenters. The Bertz CT molecular complexity index is 215. The van der Waals surface area contributed by atoms with Crippen LogP contribution in [0.1, 0.15) is 41.0 Å². The summed E-state index contributed by atoms with van der Waals surface area (Å²) in [6.45, 7) is 11.9. The summed E-state index contributed by atoms with van der Waals surface area (Å²) in [5, 5.41) is 12.8. The van der Waals surface area contributed by atoms with Crippen LogP contribution in [0.4, 0.5) is 0 Å². The molecule has 4 nitrogen and oxygen atoms in total. The van der Waals surface area contributed by atoms with Crippen molar-refractivity contribution in [2.24, 2.45) is 5.92 Å². The van der Waals surface area contributed by atoms with Crippen LogP contribution in [0.2, 0.25) is 0 Å². The number of aliphatic hydroxyl groups is 1. The molecule has 0 aliphatic heterocycles. The summed E-state index contributed by atoms with van der Waals surface area (Å²) in [6.07, 6.45) is 0.390. The van der Waals surface area contributed by atoms with Crippen LogP contribution in [0.5, 0.6) is 0 Å². The van der Waals surface area contributed by atoms with Crippen molar-refractivity contribution in [1.82, 2.24) is 10.2 Å². The van der Waals surface area contributed by atoms with Gasteiger partial charge in [-0.2, -0.15) is 0 Å². The van der Waals surface area contributed by atoms with E-state index in [2.05, 4.69) is 19.2 Å². The van der Waals surface area contributed by atoms with Gasteiger partial charge in [0.2, 0.25) is 5.91 Å². The lowest BCUT2D eigenvalue weighted by Gasteiger charge is -2.24. The highest BCUT2D eigenvalue weighted by Crippen LogP contribution is 2.04. The minimum Gasteiger partial charge on any atom is -0.392 e. The van der Waals surface area contributed by atoms with E-state index in [9.17, 15) is 9.90 Å². The minimum atomic E-state index is -0.373. The fraction of sp³-hybridized carbons (Fsp3) is 0.923. The number of aliphatic hydroxyl groups excluding tert-OH is 1. The Morgan fingerprint density at radius 2 is 1.76 bits per heavy atom. The maximum atomic E-state index is 11.9. The van der Waals surface area contributed by atoms with Crippen LogP contribution < -0.4 is 5.32 Å². The number of carbonyl (C=O) groups excluding carboxylic acids is 1. The Kier molecular flexibility index (Phi) is 8.17. The first kappa shape index (κ1) is 16.4. The fourth-order valence-corrected chi connectivity index (χ4v) is 1.84. The van der Waals surface area contributed by atoms with E-state index in [0.29, 0.717) is 12.5 Å². The van der Waals surface area contributed by atoms with Gasteiger partial charge in [-0.15, -0.1) is 0 Å². The van der Waals surface area contributed by atoms with Crippen molar-refractivity contribution in [3.05, 3.63) is 0 Å². The molecule has 2 N–H and O–H groups in total. The SMILES string of the molecule is CCN(CC)C(=O)C(C)NCC(O)CC(C)C. The maximum absolute atomic E-state index is 11.9. The molecule has 4 heteroatoms. The van der Waals surface area contributed by atoms with E-state index in [1.54, 1.807) is 4.90 Å². The number of likely N-dealkylation sites (N-methyl/N-ethyl adjacent to an activating group) is 1. The summed E-state index contributed by atoms with van der Waals surface area (Å²) in [5.74, 6) is 0.576. The molecule has 0 radical (unpaired) electrons. The topological polar surface area (TPSA) is 52.6 Å². The Hall–Kier alpha value is -0.610. The van der Waals surface area contributed by atoms with Gasteiger partial charge >= 0.3 is 0 Å². The molecule has 17 heavy (non-hydrogen) atoms. The van der Waals surface area contributed by atoms with Gasteiger partial charge < -0.3 is 15.3 Å². The first-order valence-corrected chi connectivity index (χ1v) is 6.62. The molecule has 0 saturated heterocycles. The largest absolute Gasteiger partial charge is 0.392 e. The standard InChI is InChI=1S/C13H28N2O2/c1-6-15(7-2)13(17)11(5)14-9-12(16)8-10(3)4/h10-12,14,16H,6-9H2,1-5H3. The van der Waals surface area contributed by atoms with Gasteiger partial charge in [0, 0.05) is 19.6 Å². The summed E-state index contributed by atoms with van der Waals surface area (Å²) >= 11 is 0. The molecular formula is C13H28N2O2. The Morgan fingerprint density at radius 1 is 1.24 bits per heavy atom. The second kappa shape index (κ2) is 8.48. The van der Waals surface area contributed by atoms with Crippen molar-refractivity contribution >= 4 is 5.91 Å². The van der Waals surface area contributed by atoms with Gasteiger partial charge in [0.05, 0.1) is 12.1 Å². The highest BCUT2D eigenvalue weighted by atomic mass is 16.3. The minimum absolute atomic E-state index is 0.103. The summed E-state index contributed by atoms with van der Waals surface area (Å²) in [6, 6.07) is -0.225. The second-order valence-electron chi connectivity index (χ2n) is 4.92. The van der Waals surface area contributed by atoms with E-state index < -0.39 is 0 Å². The van der Waals surface area contributed by atoms with Gasteiger partial charge in [0.15, 0.2) is 0 Å². The molecule has 0 aliphatic carbocycles. The first-order valence-electron chi connectivity index (χ1n) is 6.62. The van der Waals surface area contributed by atoms with Gasteiger partial charge in [-0.3, -0.25) is 4.79 Å². The van der Waals surface area contributed by atoms with E-state index in [1.165, 1.54) is 0 Å². The quantitative estimate of drug-likeness (QED) is 0.675. The van der Waals surface area contributed by atoms with E-state index in [1.807, 2.05) is 20.8 Å². The van der Waals surface area contributed by atoms with Crippen LogP contribution in [0, 0.1) is 5.92 Å². The molecule has 0 fully saturated rings. The third kappa shape index (κ3) is 6.64. The predicted molar refractivity (Wildman–Crippen MR) is 70.9 cm³/mol. The highest BCUT2D eigenvalue weighted by Gasteiger charge is 2.18. The lowest BCUT2D eigenvalue weighted by Crippen LogP contribution is -2.46. The van der Waals surface area contributed by atoms with Gasteiger partial charge in [0.1, 0.15) is 0 Å². The Balaban J connectivity index is 4.00. The Labute approximate surface area is 105 Å². The number of carbonyl (C=O) groups is 1. The van der Waals surface area contributed by atoms with Crippen molar-refractivity contribution in [1.29, 1.82) is 0 Å². The van der Waals surface area contributed by atoms with Gasteiger partial charge in [-0.05, 0) is 33.1 Å². The third-order valence-electron chi connectivity index (χ3n) is 2.85. The molecule has 0 saturated carbocycles. The average molecular weight is 244 g/mol. The number of amides is 1. The Morgan fingerprint density at radius 3 is 2.18 bits per heavy atom. The van der Waals surface area contributed by atoms with E-state index in [0.717, 1.165) is 19.5 Å². The maximum Gasteiger partial charge on any atom is 0.239 e. The van der Waals surface area contributed by atoms with Crippen LogP contribution in [0.3, 0.4) is 0 Å². The molecule has 0 bridgehead atoms. The highest BCUT2D eigenvalue weighted by molar-refractivity contribution is 5.81. The lowest BCUT2D eigenvalue weighted by atomic mass is 10.1. The zero-order chi connectivity index (χ0) is 13.4. The summed E-state index contributed by atoms with van der Waals surface area (Å²) in [7, 11) is 0. The van der Waals surface area contributed by atoms with E-state index in [-0.39, 0.29) is 18.1 Å². The van der Waals surface area contributed by atoms with Crippen molar-refractivity contribution in [2.45, 2.75) is 53.2 Å². The summed E-state index contributed by atoms with van der Waals surface area (Å²) in [5.41, 5.74) is 0. The van der Waals surface area contributed by atoms with Crippen molar-refractivity contribution < 1.29 is 9.90 Å². The fourth-order valence-electron chi connectivity index (χ4n) is 1.84. The van der Waals surface area contributed by atoms with Crippen LogP contribution >= 0.6 is 0 Å². The van der Waals surface area contributed by atoms with Crippen molar-refractivity contribution in [3.8, 4) is 0 Å². The number of rotatable bonds is 8. The molecular weight excluding hydrogens is 216 g/mol. The molecule has 0 spiro atoms. The molecule has 102 valence electrons. The van der Waals surface area contributed by atoms with Crippen LogP contribution in [-0.4, -0.2) is 47.7 Å². The molecule has 0 aromatic carbocycles. The number of nitrogens with one attached hydrogen (secondary N) is 1.